The third-order valence-corrected chi connectivity index (χ3v) is 1.88. The maximum absolute atomic E-state index is 11.0. The van der Waals surface area contributed by atoms with Gasteiger partial charge in [-0.15, -0.1) is 0 Å². The van der Waals surface area contributed by atoms with Crippen molar-refractivity contribution in [2.24, 2.45) is 5.84 Å². The molecule has 1 amide bonds. The van der Waals surface area contributed by atoms with E-state index in [1.54, 1.807) is 18.2 Å². The molecule has 0 spiro atoms. The lowest BCUT2D eigenvalue weighted by Gasteiger charge is -2.03. The molecule has 0 bridgehead atoms. The minimum absolute atomic E-state index is 0.376. The van der Waals surface area contributed by atoms with Crippen molar-refractivity contribution >= 4 is 27.5 Å². The SMILES string of the molecule is NNC(=O)c1ccc(Br)cc1N. The normalized spacial score (nSPS) is 9.50. The fraction of sp³-hybridized carbons (Fsp3) is 0. The van der Waals surface area contributed by atoms with E-state index in [-0.39, 0.29) is 5.91 Å². The number of carbonyl (C=O) groups is 1. The lowest BCUT2D eigenvalue weighted by Crippen LogP contribution is -2.30. The fourth-order valence-electron chi connectivity index (χ4n) is 0.818. The number of nitrogens with two attached hydrogens (primary N) is 2. The molecular weight excluding hydrogens is 222 g/mol. The van der Waals surface area contributed by atoms with E-state index < -0.39 is 0 Å². The van der Waals surface area contributed by atoms with E-state index in [4.69, 9.17) is 11.6 Å². The first kappa shape index (κ1) is 9.02. The molecule has 0 aliphatic heterocycles. The summed E-state index contributed by atoms with van der Waals surface area (Å²) in [5.41, 5.74) is 8.33. The van der Waals surface area contributed by atoms with Crippen LogP contribution in [0.15, 0.2) is 22.7 Å². The molecule has 0 saturated carbocycles. The zero-order valence-corrected chi connectivity index (χ0v) is 7.76. The Kier molecular flexibility index (Phi) is 2.67. The largest absolute Gasteiger partial charge is 0.398 e. The Morgan fingerprint density at radius 2 is 2.17 bits per heavy atom. The molecule has 1 rings (SSSR count). The molecule has 5 heteroatoms. The summed E-state index contributed by atoms with van der Waals surface area (Å²) in [6.07, 6.45) is 0. The number of rotatable bonds is 1. The highest BCUT2D eigenvalue weighted by atomic mass is 79.9. The Labute approximate surface area is 78.0 Å². The van der Waals surface area contributed by atoms with Gasteiger partial charge in [-0.2, -0.15) is 0 Å². The first-order chi connectivity index (χ1) is 5.65. The van der Waals surface area contributed by atoms with Crippen molar-refractivity contribution in [3.63, 3.8) is 0 Å². The molecule has 5 N–H and O–H groups in total. The minimum atomic E-state index is -0.389. The summed E-state index contributed by atoms with van der Waals surface area (Å²) >= 11 is 3.22. The van der Waals surface area contributed by atoms with Gasteiger partial charge in [0.1, 0.15) is 0 Å². The van der Waals surface area contributed by atoms with Gasteiger partial charge in [0.2, 0.25) is 0 Å². The van der Waals surface area contributed by atoms with Gasteiger partial charge >= 0.3 is 0 Å². The van der Waals surface area contributed by atoms with Gasteiger partial charge in [-0.05, 0) is 18.2 Å². The summed E-state index contributed by atoms with van der Waals surface area (Å²) < 4.78 is 0.827. The minimum Gasteiger partial charge on any atom is -0.398 e. The predicted octanol–water partition coefficient (Wildman–Crippen LogP) is 0.635. The lowest BCUT2D eigenvalue weighted by molar-refractivity contribution is 0.0954. The number of hydrogen-bond donors (Lipinski definition) is 3. The molecule has 0 aliphatic rings. The maximum Gasteiger partial charge on any atom is 0.267 e. The molecule has 0 aliphatic carbocycles. The van der Waals surface area contributed by atoms with Gasteiger partial charge in [-0.25, -0.2) is 5.84 Å². The van der Waals surface area contributed by atoms with E-state index in [1.165, 1.54) is 0 Å². The van der Waals surface area contributed by atoms with Crippen molar-refractivity contribution < 1.29 is 4.79 Å². The van der Waals surface area contributed by atoms with Crippen LogP contribution in [-0.2, 0) is 0 Å². The van der Waals surface area contributed by atoms with Gasteiger partial charge in [0.15, 0.2) is 0 Å². The molecule has 1 aromatic carbocycles. The average Bonchev–Trinajstić information content (AvgIpc) is 2.03. The maximum atomic E-state index is 11.0. The van der Waals surface area contributed by atoms with Gasteiger partial charge in [0.05, 0.1) is 5.56 Å². The highest BCUT2D eigenvalue weighted by Gasteiger charge is 2.06. The van der Waals surface area contributed by atoms with Crippen LogP contribution in [0.2, 0.25) is 0 Å². The summed E-state index contributed by atoms with van der Waals surface area (Å²) in [5.74, 6) is 4.56. The van der Waals surface area contributed by atoms with Crippen LogP contribution >= 0.6 is 15.9 Å². The number of nitrogen functional groups attached to an aromatic ring is 2. The number of halogens is 1. The second-order valence-electron chi connectivity index (χ2n) is 2.21. The first-order valence-corrected chi connectivity index (χ1v) is 4.00. The Balaban J connectivity index is 3.09. The van der Waals surface area contributed by atoms with Crippen LogP contribution in [0.1, 0.15) is 10.4 Å². The van der Waals surface area contributed by atoms with Crippen molar-refractivity contribution in [3.8, 4) is 0 Å². The fourth-order valence-corrected chi connectivity index (χ4v) is 1.20. The summed E-state index contributed by atoms with van der Waals surface area (Å²) in [6, 6.07) is 4.97. The molecule has 0 saturated heterocycles. The zero-order valence-electron chi connectivity index (χ0n) is 6.17. The Morgan fingerprint density at radius 1 is 1.50 bits per heavy atom. The molecule has 64 valence electrons. The summed E-state index contributed by atoms with van der Waals surface area (Å²) in [7, 11) is 0. The predicted molar refractivity (Wildman–Crippen MR) is 50.2 cm³/mol. The Bertz CT molecular complexity index is 314. The average molecular weight is 230 g/mol. The van der Waals surface area contributed by atoms with Crippen molar-refractivity contribution in [1.29, 1.82) is 0 Å². The summed E-state index contributed by atoms with van der Waals surface area (Å²) in [4.78, 5) is 11.0. The van der Waals surface area contributed by atoms with Crippen LogP contribution in [0, 0.1) is 0 Å². The molecular formula is C7H8BrN3O. The molecule has 0 radical (unpaired) electrons. The third kappa shape index (κ3) is 1.75. The Hall–Kier alpha value is -1.07. The number of carbonyl (C=O) groups excluding carboxylic acids is 1. The van der Waals surface area contributed by atoms with Crippen LogP contribution in [0.5, 0.6) is 0 Å². The standard InChI is InChI=1S/C7H8BrN3O/c8-4-1-2-5(6(9)3-4)7(12)11-10/h1-3H,9-10H2,(H,11,12). The quantitative estimate of drug-likeness (QED) is 0.286. The van der Waals surface area contributed by atoms with Crippen molar-refractivity contribution in [1.82, 2.24) is 5.43 Å². The van der Waals surface area contributed by atoms with Crippen LogP contribution in [0.25, 0.3) is 0 Å². The van der Waals surface area contributed by atoms with Crippen LogP contribution in [0.4, 0.5) is 5.69 Å². The van der Waals surface area contributed by atoms with E-state index in [0.29, 0.717) is 11.3 Å². The number of hydrazine groups is 1. The van der Waals surface area contributed by atoms with E-state index in [9.17, 15) is 4.79 Å². The molecule has 0 fully saturated rings. The van der Waals surface area contributed by atoms with Gasteiger partial charge in [-0.1, -0.05) is 15.9 Å². The van der Waals surface area contributed by atoms with Crippen molar-refractivity contribution in [3.05, 3.63) is 28.2 Å². The van der Waals surface area contributed by atoms with Crippen molar-refractivity contribution in [2.45, 2.75) is 0 Å². The molecule has 0 unspecified atom stereocenters. The second kappa shape index (κ2) is 3.55. The molecule has 0 atom stereocenters. The molecule has 12 heavy (non-hydrogen) atoms. The summed E-state index contributed by atoms with van der Waals surface area (Å²) in [5, 5.41) is 0. The monoisotopic (exact) mass is 229 g/mol. The van der Waals surface area contributed by atoms with Gasteiger partial charge < -0.3 is 5.73 Å². The first-order valence-electron chi connectivity index (χ1n) is 3.21. The smallest absolute Gasteiger partial charge is 0.267 e. The van der Waals surface area contributed by atoms with Gasteiger partial charge in [-0.3, -0.25) is 10.2 Å². The highest BCUT2D eigenvalue weighted by Crippen LogP contribution is 2.17. The number of anilines is 1. The van der Waals surface area contributed by atoms with E-state index in [2.05, 4.69) is 15.9 Å². The zero-order chi connectivity index (χ0) is 9.14. The van der Waals surface area contributed by atoms with E-state index in [1.807, 2.05) is 5.43 Å². The molecule has 0 aromatic heterocycles. The molecule has 0 heterocycles. The highest BCUT2D eigenvalue weighted by molar-refractivity contribution is 9.10. The van der Waals surface area contributed by atoms with Crippen LogP contribution < -0.4 is 17.0 Å². The van der Waals surface area contributed by atoms with Gasteiger partial charge in [0, 0.05) is 10.2 Å². The number of hydrogen-bond acceptors (Lipinski definition) is 3. The summed E-state index contributed by atoms with van der Waals surface area (Å²) in [6.45, 7) is 0. The number of amides is 1. The second-order valence-corrected chi connectivity index (χ2v) is 3.12. The lowest BCUT2D eigenvalue weighted by atomic mass is 10.2. The van der Waals surface area contributed by atoms with E-state index >= 15 is 0 Å². The van der Waals surface area contributed by atoms with E-state index in [0.717, 1.165) is 4.47 Å². The van der Waals surface area contributed by atoms with Crippen LogP contribution in [0.3, 0.4) is 0 Å². The topological polar surface area (TPSA) is 81.1 Å². The third-order valence-electron chi connectivity index (χ3n) is 1.39. The number of nitrogens with one attached hydrogen (secondary N) is 1. The molecule has 4 nitrogen and oxygen atoms in total. The van der Waals surface area contributed by atoms with Crippen LogP contribution in [-0.4, -0.2) is 5.91 Å². The molecule has 1 aromatic rings. The Morgan fingerprint density at radius 3 is 2.67 bits per heavy atom. The number of benzene rings is 1. The van der Waals surface area contributed by atoms with Crippen molar-refractivity contribution in [2.75, 3.05) is 5.73 Å². The van der Waals surface area contributed by atoms with Gasteiger partial charge in [0.25, 0.3) is 5.91 Å².